The van der Waals surface area contributed by atoms with Crippen molar-refractivity contribution in [2.24, 2.45) is 0 Å². The van der Waals surface area contributed by atoms with Gasteiger partial charge in [-0.15, -0.1) is 5.10 Å². The van der Waals surface area contributed by atoms with Crippen LogP contribution in [-0.4, -0.2) is 38.5 Å². The molecule has 0 radical (unpaired) electrons. The highest BCUT2D eigenvalue weighted by molar-refractivity contribution is 6.04. The lowest BCUT2D eigenvalue weighted by atomic mass is 10.2. The number of aromatic nitrogens is 4. The van der Waals surface area contributed by atoms with E-state index in [1.54, 1.807) is 49.0 Å². The summed E-state index contributed by atoms with van der Waals surface area (Å²) >= 11 is 0. The van der Waals surface area contributed by atoms with Gasteiger partial charge in [-0.2, -0.15) is 0 Å². The summed E-state index contributed by atoms with van der Waals surface area (Å²) in [6, 6.07) is 16.1. The second kappa shape index (κ2) is 8.12. The Kier molecular flexibility index (Phi) is 5.21. The number of anilines is 1. The van der Waals surface area contributed by atoms with Crippen LogP contribution >= 0.6 is 0 Å². The van der Waals surface area contributed by atoms with Crippen LogP contribution in [0.1, 0.15) is 33.5 Å². The van der Waals surface area contributed by atoms with Gasteiger partial charge in [0.15, 0.2) is 5.69 Å². The van der Waals surface area contributed by atoms with Gasteiger partial charge < -0.3 is 10.1 Å². The molecule has 1 amide bonds. The standard InChI is InChI=1S/C22H19N5O3/c1-3-30-22(29)16-6-4-8-17(12-16)24-21(28)20-14(2)27(26-25-20)18-9-10-19-15(13-18)7-5-11-23-19/h4-13H,3H2,1-2H3,(H,24,28). The third-order valence-corrected chi connectivity index (χ3v) is 4.57. The van der Waals surface area contributed by atoms with Crippen LogP contribution in [-0.2, 0) is 4.74 Å². The quantitative estimate of drug-likeness (QED) is 0.514. The Morgan fingerprint density at radius 2 is 1.97 bits per heavy atom. The number of carbonyl (C=O) groups is 2. The Hall–Kier alpha value is -4.07. The first-order valence-electron chi connectivity index (χ1n) is 9.43. The van der Waals surface area contributed by atoms with Crippen LogP contribution in [0.2, 0.25) is 0 Å². The molecule has 0 aliphatic heterocycles. The molecule has 0 bridgehead atoms. The summed E-state index contributed by atoms with van der Waals surface area (Å²) in [7, 11) is 0. The second-order valence-electron chi connectivity index (χ2n) is 6.57. The van der Waals surface area contributed by atoms with Gasteiger partial charge in [0.25, 0.3) is 5.91 Å². The Bertz CT molecular complexity index is 1250. The van der Waals surface area contributed by atoms with Crippen LogP contribution in [0, 0.1) is 6.92 Å². The molecule has 4 aromatic rings. The fraction of sp³-hybridized carbons (Fsp3) is 0.136. The lowest BCUT2D eigenvalue weighted by Crippen LogP contribution is -2.15. The number of rotatable bonds is 5. The zero-order valence-corrected chi connectivity index (χ0v) is 16.5. The number of carbonyl (C=O) groups excluding carboxylic acids is 2. The molecule has 8 heteroatoms. The van der Waals surface area contributed by atoms with E-state index in [0.29, 0.717) is 16.9 Å². The largest absolute Gasteiger partial charge is 0.462 e. The van der Waals surface area contributed by atoms with Crippen molar-refractivity contribution >= 4 is 28.5 Å². The van der Waals surface area contributed by atoms with E-state index in [4.69, 9.17) is 4.74 Å². The van der Waals surface area contributed by atoms with Crippen molar-refractivity contribution in [1.82, 2.24) is 20.0 Å². The van der Waals surface area contributed by atoms with Crippen molar-refractivity contribution in [2.75, 3.05) is 11.9 Å². The maximum atomic E-state index is 12.7. The molecule has 150 valence electrons. The number of amides is 1. The van der Waals surface area contributed by atoms with Crippen molar-refractivity contribution in [3.8, 4) is 5.69 Å². The number of pyridine rings is 1. The Labute approximate surface area is 172 Å². The van der Waals surface area contributed by atoms with E-state index in [1.165, 1.54) is 0 Å². The van der Waals surface area contributed by atoms with E-state index in [0.717, 1.165) is 16.6 Å². The zero-order chi connectivity index (χ0) is 21.1. The normalized spacial score (nSPS) is 10.7. The minimum atomic E-state index is -0.443. The number of benzene rings is 2. The molecule has 0 unspecified atom stereocenters. The molecule has 2 heterocycles. The van der Waals surface area contributed by atoms with Gasteiger partial charge in [-0.3, -0.25) is 9.78 Å². The van der Waals surface area contributed by atoms with Crippen LogP contribution in [0.4, 0.5) is 5.69 Å². The topological polar surface area (TPSA) is 99.0 Å². The monoisotopic (exact) mass is 401 g/mol. The van der Waals surface area contributed by atoms with Crippen molar-refractivity contribution in [3.05, 3.63) is 77.7 Å². The number of nitrogens with zero attached hydrogens (tertiary/aromatic N) is 4. The molecule has 0 aliphatic rings. The summed E-state index contributed by atoms with van der Waals surface area (Å²) in [5.41, 5.74) is 3.28. The molecular formula is C22H19N5O3. The first-order valence-corrected chi connectivity index (χ1v) is 9.43. The van der Waals surface area contributed by atoms with Crippen LogP contribution in [0.15, 0.2) is 60.8 Å². The summed E-state index contributed by atoms with van der Waals surface area (Å²) in [6.45, 7) is 3.79. The number of hydrogen-bond donors (Lipinski definition) is 1. The van der Waals surface area contributed by atoms with Crippen molar-refractivity contribution in [3.63, 3.8) is 0 Å². The SMILES string of the molecule is CCOC(=O)c1cccc(NC(=O)c2nnn(-c3ccc4ncccc4c3)c2C)c1. The van der Waals surface area contributed by atoms with E-state index >= 15 is 0 Å². The lowest BCUT2D eigenvalue weighted by molar-refractivity contribution is 0.0526. The van der Waals surface area contributed by atoms with E-state index < -0.39 is 11.9 Å². The average Bonchev–Trinajstić information content (AvgIpc) is 3.15. The third kappa shape index (κ3) is 3.75. The van der Waals surface area contributed by atoms with Gasteiger partial charge in [0, 0.05) is 17.3 Å². The van der Waals surface area contributed by atoms with Gasteiger partial charge in [0.1, 0.15) is 0 Å². The summed E-state index contributed by atoms with van der Waals surface area (Å²) in [5, 5.41) is 11.9. The highest BCUT2D eigenvalue weighted by Gasteiger charge is 2.18. The highest BCUT2D eigenvalue weighted by atomic mass is 16.5. The van der Waals surface area contributed by atoms with Gasteiger partial charge >= 0.3 is 5.97 Å². The molecule has 0 saturated heterocycles. The molecule has 2 aromatic heterocycles. The van der Waals surface area contributed by atoms with Crippen molar-refractivity contribution in [1.29, 1.82) is 0 Å². The van der Waals surface area contributed by atoms with Crippen LogP contribution in [0.25, 0.3) is 16.6 Å². The van der Waals surface area contributed by atoms with Crippen LogP contribution in [0.5, 0.6) is 0 Å². The summed E-state index contributed by atoms with van der Waals surface area (Å²) < 4.78 is 6.60. The first kappa shape index (κ1) is 19.3. The predicted molar refractivity (Wildman–Crippen MR) is 112 cm³/mol. The number of hydrogen-bond acceptors (Lipinski definition) is 6. The molecule has 0 atom stereocenters. The van der Waals surface area contributed by atoms with Crippen LogP contribution < -0.4 is 5.32 Å². The molecule has 0 fully saturated rings. The first-order chi connectivity index (χ1) is 14.6. The summed E-state index contributed by atoms with van der Waals surface area (Å²) in [4.78, 5) is 28.9. The lowest BCUT2D eigenvalue weighted by Gasteiger charge is -2.07. The summed E-state index contributed by atoms with van der Waals surface area (Å²) in [6.07, 6.45) is 1.74. The predicted octanol–water partition coefficient (Wildman–Crippen LogP) is 3.55. The van der Waals surface area contributed by atoms with Gasteiger partial charge in [-0.25, -0.2) is 9.48 Å². The van der Waals surface area contributed by atoms with Crippen molar-refractivity contribution < 1.29 is 14.3 Å². The number of fused-ring (bicyclic) bond motifs is 1. The maximum absolute atomic E-state index is 12.7. The van der Waals surface area contributed by atoms with Crippen molar-refractivity contribution in [2.45, 2.75) is 13.8 Å². The Morgan fingerprint density at radius 1 is 1.10 bits per heavy atom. The molecule has 0 spiro atoms. The molecule has 4 rings (SSSR count). The van der Waals surface area contributed by atoms with Gasteiger partial charge in [0.05, 0.1) is 29.1 Å². The Morgan fingerprint density at radius 3 is 2.80 bits per heavy atom. The third-order valence-electron chi connectivity index (χ3n) is 4.57. The zero-order valence-electron chi connectivity index (χ0n) is 16.5. The highest BCUT2D eigenvalue weighted by Crippen LogP contribution is 2.19. The maximum Gasteiger partial charge on any atom is 0.338 e. The molecule has 0 aliphatic carbocycles. The fourth-order valence-corrected chi connectivity index (χ4v) is 3.11. The molecule has 1 N–H and O–H groups in total. The van der Waals surface area contributed by atoms with Gasteiger partial charge in [-0.1, -0.05) is 17.3 Å². The minimum absolute atomic E-state index is 0.197. The molecular weight excluding hydrogens is 382 g/mol. The Balaban J connectivity index is 1.58. The van der Waals surface area contributed by atoms with Crippen LogP contribution in [0.3, 0.4) is 0 Å². The van der Waals surface area contributed by atoms with Gasteiger partial charge in [0.2, 0.25) is 0 Å². The van der Waals surface area contributed by atoms with E-state index in [-0.39, 0.29) is 12.3 Å². The fourth-order valence-electron chi connectivity index (χ4n) is 3.11. The number of esters is 1. The molecule has 2 aromatic carbocycles. The van der Waals surface area contributed by atoms with Gasteiger partial charge in [-0.05, 0) is 56.3 Å². The second-order valence-corrected chi connectivity index (χ2v) is 6.57. The average molecular weight is 401 g/mol. The molecule has 30 heavy (non-hydrogen) atoms. The number of nitrogens with one attached hydrogen (secondary N) is 1. The summed E-state index contributed by atoms with van der Waals surface area (Å²) in [5.74, 6) is -0.858. The number of ether oxygens (including phenoxy) is 1. The molecule has 0 saturated carbocycles. The van der Waals surface area contributed by atoms with E-state index in [2.05, 4.69) is 20.6 Å². The molecule has 8 nitrogen and oxygen atoms in total. The smallest absolute Gasteiger partial charge is 0.338 e. The minimum Gasteiger partial charge on any atom is -0.462 e. The van der Waals surface area contributed by atoms with E-state index in [9.17, 15) is 9.59 Å². The van der Waals surface area contributed by atoms with E-state index in [1.807, 2.05) is 30.3 Å².